The molecule has 0 radical (unpaired) electrons. The molecule has 0 unspecified atom stereocenters. The molecule has 10 atom stereocenters. The molecule has 0 spiro atoms. The first kappa shape index (κ1) is 31.8. The maximum Gasteiger partial charge on any atom is 0.328 e. The maximum atomic E-state index is 14.6. The molecule has 0 aromatic carbocycles. The Morgan fingerprint density at radius 3 is 2.25 bits per heavy atom. The van der Waals surface area contributed by atoms with Crippen molar-refractivity contribution < 1.29 is 29.0 Å². The van der Waals surface area contributed by atoms with Crippen molar-refractivity contribution in [2.75, 3.05) is 13.7 Å². The lowest BCUT2D eigenvalue weighted by atomic mass is 9.33. The molecule has 1 heterocycles. The highest BCUT2D eigenvalue weighted by Gasteiger charge is 2.70. The number of fused-ring (bicyclic) bond motifs is 7. The van der Waals surface area contributed by atoms with Gasteiger partial charge in [-0.2, -0.15) is 0 Å². The van der Waals surface area contributed by atoms with Crippen LogP contribution in [0.15, 0.2) is 11.6 Å². The standard InChI is InChI=1S/C37H55NO6/c1-32(2)22(29(40)38-19-9-10-25(38)30(41)44-8)11-13-35(5)27(32)12-14-37(7)28(35)26(39)20-23-24-21-34(4,31(42)43)16-15-33(24,3)17-18-36(23,37)6/h20,22,24-25,27-28H,9-19,21H2,1-8H3,(H,42,43)/t22-,24+,25-,27+,28-,33-,34+,35+,36-,37-/m1/s1. The third-order valence-corrected chi connectivity index (χ3v) is 15.4. The summed E-state index contributed by atoms with van der Waals surface area (Å²) in [6.45, 7) is 16.4. The van der Waals surface area contributed by atoms with Crippen molar-refractivity contribution in [3.63, 3.8) is 0 Å². The minimum Gasteiger partial charge on any atom is -0.481 e. The van der Waals surface area contributed by atoms with Gasteiger partial charge in [-0.25, -0.2) is 4.79 Å². The van der Waals surface area contributed by atoms with Crippen LogP contribution in [0.5, 0.6) is 0 Å². The molecule has 1 N–H and O–H groups in total. The van der Waals surface area contributed by atoms with Gasteiger partial charge in [0.15, 0.2) is 5.78 Å². The van der Waals surface area contributed by atoms with E-state index < -0.39 is 17.4 Å². The number of ketones is 1. The number of methoxy groups -OCH3 is 1. The highest BCUT2D eigenvalue weighted by molar-refractivity contribution is 5.96. The van der Waals surface area contributed by atoms with Crippen molar-refractivity contribution in [3.8, 4) is 0 Å². The van der Waals surface area contributed by atoms with Gasteiger partial charge in [-0.3, -0.25) is 14.4 Å². The summed E-state index contributed by atoms with van der Waals surface area (Å²) in [6, 6.07) is -0.491. The van der Waals surface area contributed by atoms with Gasteiger partial charge in [0.05, 0.1) is 12.5 Å². The molecule has 0 bridgehead atoms. The first-order valence-corrected chi connectivity index (χ1v) is 17.3. The van der Waals surface area contributed by atoms with Crippen molar-refractivity contribution in [2.45, 2.75) is 125 Å². The van der Waals surface area contributed by atoms with Gasteiger partial charge in [0.25, 0.3) is 0 Å². The molecule has 7 nitrogen and oxygen atoms in total. The molecule has 5 fully saturated rings. The van der Waals surface area contributed by atoms with Crippen LogP contribution in [-0.2, 0) is 23.9 Å². The fourth-order valence-electron chi connectivity index (χ4n) is 12.4. The molecule has 1 aliphatic heterocycles. The number of rotatable bonds is 3. The predicted molar refractivity (Wildman–Crippen MR) is 167 cm³/mol. The van der Waals surface area contributed by atoms with Crippen LogP contribution in [0.1, 0.15) is 119 Å². The molecular formula is C37H55NO6. The van der Waals surface area contributed by atoms with Gasteiger partial charge >= 0.3 is 11.9 Å². The Labute approximate surface area is 263 Å². The number of ether oxygens (including phenoxy) is 1. The van der Waals surface area contributed by atoms with Gasteiger partial charge in [0, 0.05) is 18.4 Å². The number of carbonyl (C=O) groups excluding carboxylic acids is 3. The summed E-state index contributed by atoms with van der Waals surface area (Å²) in [5.41, 5.74) is -0.456. The van der Waals surface area contributed by atoms with E-state index in [2.05, 4.69) is 41.5 Å². The third kappa shape index (κ3) is 4.04. The molecule has 4 saturated carbocycles. The Kier molecular flexibility index (Phi) is 7.16. The van der Waals surface area contributed by atoms with E-state index in [0.29, 0.717) is 32.2 Å². The summed E-state index contributed by atoms with van der Waals surface area (Å²) in [7, 11) is 1.39. The lowest BCUT2D eigenvalue weighted by Gasteiger charge is -2.70. The van der Waals surface area contributed by atoms with E-state index in [1.165, 1.54) is 12.7 Å². The number of hydrogen-bond acceptors (Lipinski definition) is 5. The van der Waals surface area contributed by atoms with E-state index in [0.717, 1.165) is 44.9 Å². The average molecular weight is 610 g/mol. The van der Waals surface area contributed by atoms with E-state index in [-0.39, 0.29) is 68.4 Å². The summed E-state index contributed by atoms with van der Waals surface area (Å²) >= 11 is 0. The highest BCUT2D eigenvalue weighted by Crippen LogP contribution is 2.75. The molecule has 244 valence electrons. The van der Waals surface area contributed by atoms with Crippen molar-refractivity contribution in [1.29, 1.82) is 0 Å². The van der Waals surface area contributed by atoms with Gasteiger partial charge < -0.3 is 14.7 Å². The molecule has 1 saturated heterocycles. The van der Waals surface area contributed by atoms with E-state index in [4.69, 9.17) is 4.74 Å². The molecule has 1 amide bonds. The molecular weight excluding hydrogens is 554 g/mol. The summed E-state index contributed by atoms with van der Waals surface area (Å²) in [4.78, 5) is 55.5. The van der Waals surface area contributed by atoms with Crippen molar-refractivity contribution in [2.24, 2.45) is 56.2 Å². The lowest BCUT2D eigenvalue weighted by Crippen LogP contribution is -2.66. The van der Waals surface area contributed by atoms with Crippen LogP contribution in [0.4, 0.5) is 0 Å². The Balaban J connectivity index is 1.35. The smallest absolute Gasteiger partial charge is 0.328 e. The Morgan fingerprint density at radius 1 is 0.909 bits per heavy atom. The van der Waals surface area contributed by atoms with E-state index in [1.54, 1.807) is 4.90 Å². The van der Waals surface area contributed by atoms with Gasteiger partial charge in [0.2, 0.25) is 5.91 Å². The summed E-state index contributed by atoms with van der Waals surface area (Å²) in [6.07, 6.45) is 11.2. The number of carbonyl (C=O) groups is 4. The second-order valence-corrected chi connectivity index (χ2v) is 17.7. The van der Waals surface area contributed by atoms with Crippen molar-refractivity contribution in [1.82, 2.24) is 4.90 Å². The van der Waals surface area contributed by atoms with Crippen molar-refractivity contribution in [3.05, 3.63) is 11.6 Å². The number of allylic oxidation sites excluding steroid dienone is 2. The number of carboxylic acid groups (broad SMARTS) is 1. The number of nitrogens with zero attached hydrogens (tertiary/aromatic N) is 1. The summed E-state index contributed by atoms with van der Waals surface area (Å²) in [5, 5.41) is 10.2. The van der Waals surface area contributed by atoms with E-state index in [9.17, 15) is 24.3 Å². The number of esters is 1. The number of carboxylic acids is 1. The topological polar surface area (TPSA) is 101 Å². The van der Waals surface area contributed by atoms with Crippen LogP contribution >= 0.6 is 0 Å². The quantitative estimate of drug-likeness (QED) is 0.352. The van der Waals surface area contributed by atoms with E-state index >= 15 is 0 Å². The second-order valence-electron chi connectivity index (χ2n) is 17.7. The van der Waals surface area contributed by atoms with Crippen LogP contribution in [-0.4, -0.2) is 53.3 Å². The number of aliphatic carboxylic acids is 1. The molecule has 44 heavy (non-hydrogen) atoms. The van der Waals surface area contributed by atoms with Crippen LogP contribution in [0, 0.1) is 56.2 Å². The molecule has 6 aliphatic rings. The van der Waals surface area contributed by atoms with Crippen LogP contribution < -0.4 is 0 Å². The first-order chi connectivity index (χ1) is 20.4. The zero-order valence-electron chi connectivity index (χ0n) is 28.4. The van der Waals surface area contributed by atoms with Crippen LogP contribution in [0.3, 0.4) is 0 Å². The average Bonchev–Trinajstić information content (AvgIpc) is 3.44. The van der Waals surface area contributed by atoms with Crippen LogP contribution in [0.2, 0.25) is 0 Å². The van der Waals surface area contributed by atoms with Gasteiger partial charge in [-0.05, 0) is 123 Å². The van der Waals surface area contributed by atoms with Gasteiger partial charge in [0.1, 0.15) is 6.04 Å². The SMILES string of the molecule is COC(=O)[C@H]1CCCN1C(=O)[C@H]1CC[C@]2(C)[C@H]3C(=O)C=C4[C@@H]5C[C@@](C)(C(=O)O)CC[C@]5(C)CC[C@@]4(C)[C@]3(C)CC[C@H]2C1(C)C. The second kappa shape index (κ2) is 9.91. The largest absolute Gasteiger partial charge is 0.481 e. The fraction of sp³-hybridized carbons (Fsp3) is 0.838. The van der Waals surface area contributed by atoms with Gasteiger partial charge in [-0.15, -0.1) is 0 Å². The Morgan fingerprint density at radius 2 is 1.59 bits per heavy atom. The zero-order chi connectivity index (χ0) is 32.3. The first-order valence-electron chi connectivity index (χ1n) is 17.3. The van der Waals surface area contributed by atoms with Gasteiger partial charge in [-0.1, -0.05) is 47.1 Å². The minimum atomic E-state index is -0.759. The summed E-state index contributed by atoms with van der Waals surface area (Å²) < 4.78 is 5.05. The zero-order valence-corrected chi connectivity index (χ0v) is 28.4. The molecule has 0 aromatic heterocycles. The number of hydrogen-bond donors (Lipinski definition) is 1. The molecule has 5 aliphatic carbocycles. The molecule has 6 rings (SSSR count). The third-order valence-electron chi connectivity index (χ3n) is 15.4. The Bertz CT molecular complexity index is 1320. The predicted octanol–water partition coefficient (Wildman–Crippen LogP) is 6.83. The highest BCUT2D eigenvalue weighted by atomic mass is 16.5. The Hall–Kier alpha value is -2.18. The number of amides is 1. The lowest BCUT2D eigenvalue weighted by molar-refractivity contribution is -0.197. The van der Waals surface area contributed by atoms with E-state index in [1.807, 2.05) is 13.0 Å². The summed E-state index contributed by atoms with van der Waals surface area (Å²) in [5.74, 6) is -0.748. The van der Waals surface area contributed by atoms with Crippen molar-refractivity contribution >= 4 is 23.6 Å². The minimum absolute atomic E-state index is 0.0307. The monoisotopic (exact) mass is 609 g/mol. The fourth-order valence-corrected chi connectivity index (χ4v) is 12.4. The van der Waals surface area contributed by atoms with Crippen LogP contribution in [0.25, 0.3) is 0 Å². The maximum absolute atomic E-state index is 14.6. The number of likely N-dealkylation sites (tertiary alicyclic amines) is 1. The normalized spacial score (nSPS) is 47.8. The molecule has 7 heteroatoms. The molecule has 0 aromatic rings.